The molecule has 0 spiro atoms. The van der Waals surface area contributed by atoms with Gasteiger partial charge in [-0.05, 0) is 73.9 Å². The minimum atomic E-state index is -4.12. The zero-order valence-corrected chi connectivity index (χ0v) is 23.9. The van der Waals surface area contributed by atoms with Gasteiger partial charge in [0.25, 0.3) is 10.0 Å². The lowest BCUT2D eigenvalue weighted by Crippen LogP contribution is -2.52. The quantitative estimate of drug-likeness (QED) is 0.331. The van der Waals surface area contributed by atoms with E-state index in [1.165, 1.54) is 17.0 Å². The van der Waals surface area contributed by atoms with Crippen molar-refractivity contribution in [2.24, 2.45) is 0 Å². The van der Waals surface area contributed by atoms with Gasteiger partial charge in [0.2, 0.25) is 11.8 Å². The van der Waals surface area contributed by atoms with Crippen molar-refractivity contribution in [3.8, 4) is 0 Å². The molecule has 1 atom stereocenters. The topological polar surface area (TPSA) is 86.8 Å². The van der Waals surface area contributed by atoms with Crippen LogP contribution in [0.15, 0.2) is 83.8 Å². The number of hydrogen-bond donors (Lipinski definition) is 1. The van der Waals surface area contributed by atoms with Crippen LogP contribution in [-0.2, 0) is 26.2 Å². The van der Waals surface area contributed by atoms with Gasteiger partial charge in [-0.25, -0.2) is 8.42 Å². The molecule has 7 nitrogen and oxygen atoms in total. The molecule has 0 aliphatic heterocycles. The molecule has 1 unspecified atom stereocenters. The Labute approximate surface area is 239 Å². The normalized spacial score (nSPS) is 14.5. The minimum absolute atomic E-state index is 0.0427. The lowest BCUT2D eigenvalue weighted by atomic mass is 10.1. The van der Waals surface area contributed by atoms with E-state index in [4.69, 9.17) is 23.2 Å². The fraction of sp³-hybridized carbons (Fsp3) is 0.310. The predicted molar refractivity (Wildman–Crippen MR) is 154 cm³/mol. The van der Waals surface area contributed by atoms with Crippen LogP contribution in [0.2, 0.25) is 10.0 Å². The van der Waals surface area contributed by atoms with Gasteiger partial charge < -0.3 is 10.2 Å². The first-order valence-electron chi connectivity index (χ1n) is 12.8. The Morgan fingerprint density at radius 3 is 2.23 bits per heavy atom. The summed E-state index contributed by atoms with van der Waals surface area (Å²) in [6.45, 7) is 1.23. The molecule has 3 aromatic carbocycles. The number of sulfonamides is 1. The highest BCUT2D eigenvalue weighted by Gasteiger charge is 2.33. The van der Waals surface area contributed by atoms with Crippen LogP contribution in [0.25, 0.3) is 0 Å². The largest absolute Gasteiger partial charge is 0.352 e. The molecule has 10 heteroatoms. The van der Waals surface area contributed by atoms with E-state index in [9.17, 15) is 18.0 Å². The van der Waals surface area contributed by atoms with E-state index < -0.39 is 28.5 Å². The third-order valence-electron chi connectivity index (χ3n) is 6.84. The second-order valence-electron chi connectivity index (χ2n) is 9.62. The molecule has 0 saturated heterocycles. The summed E-state index contributed by atoms with van der Waals surface area (Å²) in [4.78, 5) is 28.6. The molecule has 3 aromatic rings. The standard InChI is InChI=1S/C29H31Cl2N3O4S/c1-21(29(36)32-25-10-5-6-11-25)33(19-22-8-7-9-24(31)18-22)28(35)20-34(26-16-14-23(30)15-17-26)39(37,38)27-12-3-2-4-13-27/h2-4,7-9,12-18,21,25H,5-6,10-11,19-20H2,1H3,(H,32,36). The zero-order chi connectivity index (χ0) is 28.0. The monoisotopic (exact) mass is 587 g/mol. The van der Waals surface area contributed by atoms with Crippen LogP contribution in [-0.4, -0.2) is 43.8 Å². The molecule has 0 radical (unpaired) electrons. The van der Waals surface area contributed by atoms with Crippen molar-refractivity contribution in [3.05, 3.63) is 94.5 Å². The van der Waals surface area contributed by atoms with Crippen molar-refractivity contribution in [3.63, 3.8) is 0 Å². The van der Waals surface area contributed by atoms with Crippen LogP contribution < -0.4 is 9.62 Å². The Balaban J connectivity index is 1.67. The number of hydrogen-bond acceptors (Lipinski definition) is 4. The van der Waals surface area contributed by atoms with Gasteiger partial charge in [0.05, 0.1) is 10.6 Å². The lowest BCUT2D eigenvalue weighted by Gasteiger charge is -2.32. The van der Waals surface area contributed by atoms with E-state index in [1.807, 2.05) is 6.07 Å². The van der Waals surface area contributed by atoms with Crippen LogP contribution in [0, 0.1) is 0 Å². The highest BCUT2D eigenvalue weighted by Crippen LogP contribution is 2.26. The summed E-state index contributed by atoms with van der Waals surface area (Å²) in [5.41, 5.74) is 1.00. The summed E-state index contributed by atoms with van der Waals surface area (Å²) in [7, 11) is -4.12. The number of anilines is 1. The van der Waals surface area contributed by atoms with Gasteiger partial charge in [-0.2, -0.15) is 0 Å². The Bertz CT molecular complexity index is 1400. The molecule has 1 aliphatic carbocycles. The van der Waals surface area contributed by atoms with Crippen LogP contribution in [0.3, 0.4) is 0 Å². The van der Waals surface area contributed by atoms with E-state index >= 15 is 0 Å². The smallest absolute Gasteiger partial charge is 0.264 e. The number of amides is 2. The number of rotatable bonds is 10. The van der Waals surface area contributed by atoms with E-state index in [1.54, 1.807) is 67.6 Å². The average molecular weight is 589 g/mol. The van der Waals surface area contributed by atoms with E-state index in [-0.39, 0.29) is 29.1 Å². The van der Waals surface area contributed by atoms with Crippen LogP contribution in [0.4, 0.5) is 5.69 Å². The third kappa shape index (κ3) is 7.32. The van der Waals surface area contributed by atoms with Crippen LogP contribution in [0.1, 0.15) is 38.2 Å². The van der Waals surface area contributed by atoms with Crippen molar-refractivity contribution >= 4 is 50.7 Å². The van der Waals surface area contributed by atoms with Gasteiger partial charge >= 0.3 is 0 Å². The van der Waals surface area contributed by atoms with Crippen molar-refractivity contribution in [2.45, 2.75) is 56.1 Å². The molecule has 1 aliphatic rings. The molecular formula is C29H31Cl2N3O4S. The first-order chi connectivity index (χ1) is 18.6. The fourth-order valence-corrected chi connectivity index (χ4v) is 6.44. The SMILES string of the molecule is CC(C(=O)NC1CCCC1)N(Cc1cccc(Cl)c1)C(=O)CN(c1ccc(Cl)cc1)S(=O)(=O)c1ccccc1. The summed E-state index contributed by atoms with van der Waals surface area (Å²) in [5.74, 6) is -0.806. The summed E-state index contributed by atoms with van der Waals surface area (Å²) < 4.78 is 28.5. The Kier molecular flexibility index (Phi) is 9.53. The molecule has 0 heterocycles. The summed E-state index contributed by atoms with van der Waals surface area (Å²) in [5, 5.41) is 3.98. The second kappa shape index (κ2) is 12.9. The maximum atomic E-state index is 13.9. The van der Waals surface area contributed by atoms with Gasteiger partial charge in [0.1, 0.15) is 12.6 Å². The molecule has 2 amide bonds. The van der Waals surface area contributed by atoms with Crippen LogP contribution in [0.5, 0.6) is 0 Å². The second-order valence-corrected chi connectivity index (χ2v) is 12.4. The van der Waals surface area contributed by atoms with Gasteiger partial charge in [-0.15, -0.1) is 0 Å². The van der Waals surface area contributed by atoms with Gasteiger partial charge in [-0.1, -0.05) is 66.4 Å². The van der Waals surface area contributed by atoms with Crippen molar-refractivity contribution in [1.82, 2.24) is 10.2 Å². The number of halogens is 2. The lowest BCUT2D eigenvalue weighted by molar-refractivity contribution is -0.139. The summed E-state index contributed by atoms with van der Waals surface area (Å²) >= 11 is 12.2. The van der Waals surface area contributed by atoms with Gasteiger partial charge in [0.15, 0.2) is 0 Å². The Hall–Kier alpha value is -3.07. The highest BCUT2D eigenvalue weighted by atomic mass is 35.5. The van der Waals surface area contributed by atoms with E-state index in [0.717, 1.165) is 35.6 Å². The van der Waals surface area contributed by atoms with Crippen molar-refractivity contribution in [1.29, 1.82) is 0 Å². The average Bonchev–Trinajstić information content (AvgIpc) is 3.44. The molecule has 39 heavy (non-hydrogen) atoms. The maximum absolute atomic E-state index is 13.9. The number of nitrogens with zero attached hydrogens (tertiary/aromatic N) is 2. The highest BCUT2D eigenvalue weighted by molar-refractivity contribution is 7.92. The molecular weight excluding hydrogens is 557 g/mol. The third-order valence-corrected chi connectivity index (χ3v) is 9.11. The van der Waals surface area contributed by atoms with Gasteiger partial charge in [0, 0.05) is 22.6 Å². The molecule has 4 rings (SSSR count). The predicted octanol–water partition coefficient (Wildman–Crippen LogP) is 5.66. The first kappa shape index (κ1) is 28.9. The van der Waals surface area contributed by atoms with Crippen molar-refractivity contribution in [2.75, 3.05) is 10.8 Å². The zero-order valence-electron chi connectivity index (χ0n) is 21.6. The number of nitrogens with one attached hydrogen (secondary N) is 1. The molecule has 0 aromatic heterocycles. The summed E-state index contributed by atoms with van der Waals surface area (Å²) in [6.07, 6.45) is 3.91. The first-order valence-corrected chi connectivity index (χ1v) is 15.0. The summed E-state index contributed by atoms with van der Waals surface area (Å²) in [6, 6.07) is 20.4. The minimum Gasteiger partial charge on any atom is -0.352 e. The van der Waals surface area contributed by atoms with Crippen molar-refractivity contribution < 1.29 is 18.0 Å². The molecule has 1 saturated carbocycles. The molecule has 0 bridgehead atoms. The van der Waals surface area contributed by atoms with E-state index in [2.05, 4.69) is 5.32 Å². The molecule has 1 N–H and O–H groups in total. The number of carbonyl (C=O) groups excluding carboxylic acids is 2. The molecule has 206 valence electrons. The molecule has 1 fully saturated rings. The van der Waals surface area contributed by atoms with Crippen LogP contribution >= 0.6 is 23.2 Å². The maximum Gasteiger partial charge on any atom is 0.264 e. The van der Waals surface area contributed by atoms with Gasteiger partial charge in [-0.3, -0.25) is 13.9 Å². The Morgan fingerprint density at radius 1 is 0.923 bits per heavy atom. The fourth-order valence-electron chi connectivity index (χ4n) is 4.66. The number of benzene rings is 3. The van der Waals surface area contributed by atoms with E-state index in [0.29, 0.717) is 10.0 Å². The Morgan fingerprint density at radius 2 is 1.59 bits per heavy atom. The number of carbonyl (C=O) groups is 2.